The third-order valence-corrected chi connectivity index (χ3v) is 7.76. The van der Waals surface area contributed by atoms with E-state index in [-0.39, 0.29) is 42.9 Å². The molecule has 0 radical (unpaired) electrons. The molecule has 1 aliphatic heterocycles. The molecule has 3 N–H and O–H groups in total. The second kappa shape index (κ2) is 9.54. The van der Waals surface area contributed by atoms with Crippen LogP contribution in [0.1, 0.15) is 50.6 Å². The maximum atomic E-state index is 13.4. The second-order valence-corrected chi connectivity index (χ2v) is 11.4. The van der Waals surface area contributed by atoms with Crippen molar-refractivity contribution in [2.24, 2.45) is 5.73 Å². The van der Waals surface area contributed by atoms with Gasteiger partial charge in [0.2, 0.25) is 11.8 Å². The first kappa shape index (κ1) is 27.7. The molecule has 2 amide bonds. The molecule has 1 atom stereocenters. The summed E-state index contributed by atoms with van der Waals surface area (Å²) in [6, 6.07) is 7.16. The smallest absolute Gasteiger partial charge is 0.401 e. The van der Waals surface area contributed by atoms with Gasteiger partial charge in [-0.2, -0.15) is 13.2 Å². The zero-order chi connectivity index (χ0) is 30.0. The monoisotopic (exact) mass is 583 g/mol. The van der Waals surface area contributed by atoms with Gasteiger partial charge in [-0.15, -0.1) is 0 Å². The average Bonchev–Trinajstić information content (AvgIpc) is 3.44. The number of amides is 2. The van der Waals surface area contributed by atoms with Crippen LogP contribution in [0.3, 0.4) is 0 Å². The van der Waals surface area contributed by atoms with E-state index in [2.05, 4.69) is 20.4 Å². The van der Waals surface area contributed by atoms with Crippen LogP contribution in [0, 0.1) is 0 Å². The molecule has 11 nitrogen and oxygen atoms in total. The van der Waals surface area contributed by atoms with Crippen molar-refractivity contribution in [1.82, 2.24) is 24.6 Å². The molecule has 2 aliphatic rings. The van der Waals surface area contributed by atoms with E-state index in [9.17, 15) is 22.8 Å². The highest BCUT2D eigenvalue weighted by atomic mass is 19.4. The van der Waals surface area contributed by atoms with Gasteiger partial charge in [0.05, 0.1) is 23.3 Å². The third-order valence-electron chi connectivity index (χ3n) is 7.76. The van der Waals surface area contributed by atoms with Crippen molar-refractivity contribution in [3.63, 3.8) is 0 Å². The summed E-state index contributed by atoms with van der Waals surface area (Å²) < 4.78 is 52.5. The van der Waals surface area contributed by atoms with Crippen molar-refractivity contribution >= 4 is 28.7 Å². The van der Waals surface area contributed by atoms with Crippen LogP contribution in [0.15, 0.2) is 47.4 Å². The van der Waals surface area contributed by atoms with E-state index in [1.54, 1.807) is 43.0 Å². The number of fused-ring (bicyclic) bond motifs is 2. The zero-order valence-electron chi connectivity index (χ0n) is 23.0. The van der Waals surface area contributed by atoms with Gasteiger partial charge in [0, 0.05) is 29.3 Å². The predicted octanol–water partition coefficient (Wildman–Crippen LogP) is 4.90. The minimum absolute atomic E-state index is 0.0761. The van der Waals surface area contributed by atoms with Crippen molar-refractivity contribution in [2.45, 2.75) is 69.8 Å². The molecule has 3 aromatic heterocycles. The van der Waals surface area contributed by atoms with E-state index in [0.29, 0.717) is 34.6 Å². The van der Waals surface area contributed by atoms with Gasteiger partial charge in [0.25, 0.3) is 0 Å². The maximum absolute atomic E-state index is 13.4. The fourth-order valence-corrected chi connectivity index (χ4v) is 5.22. The van der Waals surface area contributed by atoms with Crippen molar-refractivity contribution in [3.05, 3.63) is 59.9 Å². The third kappa shape index (κ3) is 4.74. The molecule has 0 bridgehead atoms. The van der Waals surface area contributed by atoms with Crippen LogP contribution >= 0.6 is 0 Å². The van der Waals surface area contributed by atoms with Gasteiger partial charge >= 0.3 is 12.2 Å². The number of hydrogen-bond acceptors (Lipinski definition) is 8. The Balaban J connectivity index is 1.18. The molecular formula is C28H28F3N7O4. The molecule has 0 unspecified atom stereocenters. The number of aromatic nitrogens is 4. The Morgan fingerprint density at radius 3 is 2.62 bits per heavy atom. The van der Waals surface area contributed by atoms with E-state index in [0.717, 1.165) is 11.6 Å². The molecule has 6 rings (SSSR count). The number of alkyl halides is 3. The summed E-state index contributed by atoms with van der Waals surface area (Å²) in [7, 11) is 0. The van der Waals surface area contributed by atoms with Crippen molar-refractivity contribution in [1.29, 1.82) is 0 Å². The number of rotatable bonds is 5. The van der Waals surface area contributed by atoms with Gasteiger partial charge in [-0.3, -0.25) is 14.7 Å². The molecule has 4 heterocycles. The zero-order valence-corrected chi connectivity index (χ0v) is 23.0. The van der Waals surface area contributed by atoms with Gasteiger partial charge < -0.3 is 19.9 Å². The SMILES string of the molecule is C[C@H]1Cc2c(ncnc2Oc2ccc3c(ccn3C(=O)Nc3cc(C4(C(F)(F)F)CC4)on3)c2)CN1C(=O)C(C)(C)N. The summed E-state index contributed by atoms with van der Waals surface area (Å²) in [6.45, 7) is 5.56. The Labute approximate surface area is 237 Å². The number of carbonyl (C=O) groups is 2. The van der Waals surface area contributed by atoms with E-state index >= 15 is 0 Å². The summed E-state index contributed by atoms with van der Waals surface area (Å²) >= 11 is 0. The van der Waals surface area contributed by atoms with Gasteiger partial charge in [-0.25, -0.2) is 14.8 Å². The van der Waals surface area contributed by atoms with Crippen molar-refractivity contribution in [2.75, 3.05) is 5.32 Å². The molecule has 4 aromatic rings. The molecule has 0 spiro atoms. The minimum atomic E-state index is -4.45. The lowest BCUT2D eigenvalue weighted by Gasteiger charge is -2.37. The van der Waals surface area contributed by atoms with Crippen LogP contribution in [0.2, 0.25) is 0 Å². The lowest BCUT2D eigenvalue weighted by atomic mass is 9.96. The Bertz CT molecular complexity index is 1700. The number of ether oxygens (including phenoxy) is 1. The van der Waals surface area contributed by atoms with E-state index < -0.39 is 23.2 Å². The lowest BCUT2D eigenvalue weighted by molar-refractivity contribution is -0.165. The number of carbonyl (C=O) groups excluding carboxylic acids is 2. The van der Waals surface area contributed by atoms with E-state index in [4.69, 9.17) is 15.0 Å². The quantitative estimate of drug-likeness (QED) is 0.338. The number of nitrogens with one attached hydrogen (secondary N) is 1. The molecular weight excluding hydrogens is 555 g/mol. The normalized spacial score (nSPS) is 18.1. The molecule has 14 heteroatoms. The minimum Gasteiger partial charge on any atom is -0.439 e. The fourth-order valence-electron chi connectivity index (χ4n) is 5.22. The predicted molar refractivity (Wildman–Crippen MR) is 144 cm³/mol. The molecule has 1 fully saturated rings. The first-order valence-corrected chi connectivity index (χ1v) is 13.3. The van der Waals surface area contributed by atoms with Gasteiger partial charge in [-0.1, -0.05) is 5.16 Å². The summed E-state index contributed by atoms with van der Waals surface area (Å²) in [5, 5.41) is 6.78. The largest absolute Gasteiger partial charge is 0.439 e. The van der Waals surface area contributed by atoms with E-state index in [1.807, 2.05) is 6.92 Å². The highest BCUT2D eigenvalue weighted by Crippen LogP contribution is 2.59. The Morgan fingerprint density at radius 1 is 1.17 bits per heavy atom. The molecule has 0 saturated heterocycles. The summed E-state index contributed by atoms with van der Waals surface area (Å²) in [6.07, 6.45) is -1.20. The number of nitrogens with zero attached hydrogens (tertiary/aromatic N) is 5. The first-order chi connectivity index (χ1) is 19.8. The van der Waals surface area contributed by atoms with Crippen molar-refractivity contribution < 1.29 is 32.0 Å². The first-order valence-electron chi connectivity index (χ1n) is 13.3. The van der Waals surface area contributed by atoms with Crippen LogP contribution in [-0.2, 0) is 23.2 Å². The van der Waals surface area contributed by atoms with Gasteiger partial charge in [-0.05, 0) is 64.3 Å². The number of anilines is 1. The highest BCUT2D eigenvalue weighted by Gasteiger charge is 2.67. The van der Waals surface area contributed by atoms with Crippen LogP contribution in [-0.4, -0.2) is 54.3 Å². The standard InChI is InChI=1S/C28H28F3N7O4/c1-15-10-18-19(13-38(15)24(39)26(2,3)32)33-14-34-23(18)41-17-4-5-20-16(11-17)6-9-37(20)25(40)35-22-12-21(42-36-22)27(7-8-27)28(29,30)31/h4-6,9,11-12,14-15H,7-8,10,13,32H2,1-3H3,(H,35,36,40)/t15-/m0/s1. The maximum Gasteiger partial charge on any atom is 0.401 e. The molecule has 1 aromatic carbocycles. The fraction of sp³-hybridized carbons (Fsp3) is 0.393. The van der Waals surface area contributed by atoms with Crippen LogP contribution in [0.5, 0.6) is 11.6 Å². The second-order valence-electron chi connectivity index (χ2n) is 11.4. The average molecular weight is 584 g/mol. The molecule has 220 valence electrons. The Morgan fingerprint density at radius 2 is 1.93 bits per heavy atom. The van der Waals surface area contributed by atoms with Crippen molar-refractivity contribution in [3.8, 4) is 11.6 Å². The number of benzene rings is 1. The van der Waals surface area contributed by atoms with Crippen LogP contribution < -0.4 is 15.8 Å². The summed E-state index contributed by atoms with van der Waals surface area (Å²) in [4.78, 5) is 36.1. The van der Waals surface area contributed by atoms with Crippen LogP contribution in [0.4, 0.5) is 23.8 Å². The van der Waals surface area contributed by atoms with Gasteiger partial charge in [0.1, 0.15) is 17.5 Å². The topological polar surface area (TPSA) is 141 Å². The molecule has 1 aliphatic carbocycles. The van der Waals surface area contributed by atoms with E-state index in [1.165, 1.54) is 17.1 Å². The number of nitrogens with two attached hydrogens (primary N) is 1. The van der Waals surface area contributed by atoms with Gasteiger partial charge in [0.15, 0.2) is 11.6 Å². The van der Waals surface area contributed by atoms with Crippen LogP contribution in [0.25, 0.3) is 10.9 Å². The number of hydrogen-bond donors (Lipinski definition) is 2. The summed E-state index contributed by atoms with van der Waals surface area (Å²) in [5.41, 5.74) is 5.02. The molecule has 1 saturated carbocycles. The lowest BCUT2D eigenvalue weighted by Crippen LogP contribution is -2.55. The Hall–Kier alpha value is -4.46. The molecule has 42 heavy (non-hydrogen) atoms. The Kier molecular flexibility index (Phi) is 6.29. The number of halogens is 3. The highest BCUT2D eigenvalue weighted by molar-refractivity contribution is 5.98. The summed E-state index contributed by atoms with van der Waals surface area (Å²) in [5.74, 6) is 0.256.